The van der Waals surface area contributed by atoms with Crippen molar-refractivity contribution in [3.05, 3.63) is 64.6 Å². The minimum Gasteiger partial charge on any atom is -0.463 e. The van der Waals surface area contributed by atoms with Crippen LogP contribution in [0.5, 0.6) is 0 Å². The number of hydrazine groups is 1. The van der Waals surface area contributed by atoms with Crippen molar-refractivity contribution in [2.45, 2.75) is 0 Å². The van der Waals surface area contributed by atoms with E-state index in [0.717, 1.165) is 0 Å². The fourth-order valence-electron chi connectivity index (χ4n) is 1.36. The van der Waals surface area contributed by atoms with Crippen LogP contribution in [0.3, 0.4) is 0 Å². The Morgan fingerprint density at radius 1 is 1.30 bits per heavy atom. The van der Waals surface area contributed by atoms with Crippen LogP contribution < -0.4 is 15.8 Å². The number of para-hydroxylation sites is 1. The van der Waals surface area contributed by atoms with Gasteiger partial charge in [0.2, 0.25) is 5.03 Å². The smallest absolute Gasteiger partial charge is 0.434 e. The van der Waals surface area contributed by atoms with Gasteiger partial charge in [0.05, 0.1) is 12.0 Å². The molecule has 0 saturated carbocycles. The van der Waals surface area contributed by atoms with E-state index in [9.17, 15) is 10.1 Å². The molecule has 0 saturated heterocycles. The Bertz CT molecular complexity index is 607. The van der Waals surface area contributed by atoms with Crippen LogP contribution >= 0.6 is 0 Å². The topological polar surface area (TPSA) is 107 Å². The predicted molar refractivity (Wildman–Crippen MR) is 71.6 cm³/mol. The number of benzene rings is 1. The van der Waals surface area contributed by atoms with E-state index in [1.807, 2.05) is 11.5 Å². The van der Waals surface area contributed by atoms with Crippen LogP contribution in [0.1, 0.15) is 5.76 Å². The Labute approximate surface area is 113 Å². The van der Waals surface area contributed by atoms with Crippen LogP contribution in [0.2, 0.25) is 0 Å². The van der Waals surface area contributed by atoms with Crippen LogP contribution in [-0.4, -0.2) is 17.2 Å². The van der Waals surface area contributed by atoms with Gasteiger partial charge in [0.25, 0.3) is 0 Å². The van der Waals surface area contributed by atoms with Crippen LogP contribution in [0.15, 0.2) is 58.2 Å². The minimum atomic E-state index is -0.694. The molecule has 0 atom stereocenters. The molecule has 0 aliphatic carbocycles. The van der Waals surface area contributed by atoms with Crippen molar-refractivity contribution >= 4 is 17.9 Å². The highest BCUT2D eigenvalue weighted by Crippen LogP contribution is 1.95. The molecule has 20 heavy (non-hydrogen) atoms. The highest BCUT2D eigenvalue weighted by atomic mass is 16.7. The SMILES string of the molecule is O=[N+]([O-])NC(NN=Cc1ccco1)=[NH+]c1ccccc1. The molecule has 3 N–H and O–H groups in total. The zero-order valence-corrected chi connectivity index (χ0v) is 10.3. The molecule has 1 aromatic heterocycles. The lowest BCUT2D eigenvalue weighted by molar-refractivity contribution is -0.536. The maximum atomic E-state index is 10.5. The zero-order valence-electron chi connectivity index (χ0n) is 10.3. The number of nitro groups is 1. The second-order valence-electron chi connectivity index (χ2n) is 3.62. The van der Waals surface area contributed by atoms with Gasteiger partial charge in [0.15, 0.2) is 0 Å². The largest absolute Gasteiger partial charge is 0.463 e. The summed E-state index contributed by atoms with van der Waals surface area (Å²) in [6, 6.07) is 12.4. The summed E-state index contributed by atoms with van der Waals surface area (Å²) in [6.07, 6.45) is 2.90. The van der Waals surface area contributed by atoms with E-state index in [-0.39, 0.29) is 5.96 Å². The van der Waals surface area contributed by atoms with Gasteiger partial charge >= 0.3 is 5.96 Å². The molecule has 0 amide bonds. The van der Waals surface area contributed by atoms with Gasteiger partial charge in [-0.05, 0) is 24.3 Å². The highest BCUT2D eigenvalue weighted by Gasteiger charge is 2.12. The molecular formula is C12H12N5O3+. The number of nitrogens with one attached hydrogen (secondary N) is 3. The van der Waals surface area contributed by atoms with Crippen LogP contribution in [0.4, 0.5) is 5.69 Å². The zero-order chi connectivity index (χ0) is 14.2. The van der Waals surface area contributed by atoms with Crippen molar-refractivity contribution < 1.29 is 14.4 Å². The molecule has 0 bridgehead atoms. The molecule has 0 aliphatic rings. The first-order chi connectivity index (χ1) is 9.74. The summed E-state index contributed by atoms with van der Waals surface area (Å²) in [5, 5.41) is 13.6. The molecule has 0 unspecified atom stereocenters. The van der Waals surface area contributed by atoms with Crippen LogP contribution in [-0.2, 0) is 0 Å². The Morgan fingerprint density at radius 3 is 2.75 bits per heavy atom. The van der Waals surface area contributed by atoms with Gasteiger partial charge in [-0.25, -0.2) is 15.1 Å². The number of furan rings is 1. The van der Waals surface area contributed by atoms with Crippen molar-refractivity contribution in [2.75, 3.05) is 0 Å². The summed E-state index contributed by atoms with van der Waals surface area (Å²) in [5.41, 5.74) is 5.16. The average Bonchev–Trinajstić information content (AvgIpc) is 2.92. The third-order valence-corrected chi connectivity index (χ3v) is 2.16. The van der Waals surface area contributed by atoms with Gasteiger partial charge < -0.3 is 4.42 Å². The van der Waals surface area contributed by atoms with E-state index in [2.05, 4.69) is 15.5 Å². The Hall–Kier alpha value is -3.16. The van der Waals surface area contributed by atoms with Crippen molar-refractivity contribution in [1.29, 1.82) is 0 Å². The third kappa shape index (κ3) is 4.26. The quantitative estimate of drug-likeness (QED) is 0.308. The first kappa shape index (κ1) is 13.3. The van der Waals surface area contributed by atoms with Gasteiger partial charge in [0, 0.05) is 5.43 Å². The minimum absolute atomic E-state index is 0.0176. The highest BCUT2D eigenvalue weighted by molar-refractivity contribution is 5.79. The number of rotatable bonds is 4. The second-order valence-corrected chi connectivity index (χ2v) is 3.62. The monoisotopic (exact) mass is 274 g/mol. The summed E-state index contributed by atoms with van der Waals surface area (Å²) < 4.78 is 5.04. The molecular weight excluding hydrogens is 262 g/mol. The van der Waals surface area contributed by atoms with E-state index in [0.29, 0.717) is 11.4 Å². The first-order valence-electron chi connectivity index (χ1n) is 5.67. The predicted octanol–water partition coefficient (Wildman–Crippen LogP) is -0.247. The first-order valence-corrected chi connectivity index (χ1v) is 5.67. The molecule has 1 heterocycles. The number of hydrazone groups is 1. The van der Waals surface area contributed by atoms with E-state index >= 15 is 0 Å². The molecule has 8 heteroatoms. The summed E-state index contributed by atoms with van der Waals surface area (Å²) in [7, 11) is 0. The Morgan fingerprint density at radius 2 is 2.10 bits per heavy atom. The van der Waals surface area contributed by atoms with Crippen molar-refractivity contribution in [2.24, 2.45) is 5.10 Å². The Balaban J connectivity index is 2.07. The lowest BCUT2D eigenvalue weighted by atomic mass is 10.3. The summed E-state index contributed by atoms with van der Waals surface area (Å²) in [6.45, 7) is 0. The molecule has 2 aromatic rings. The molecule has 0 aliphatic heterocycles. The molecule has 0 fully saturated rings. The summed E-state index contributed by atoms with van der Waals surface area (Å²) >= 11 is 0. The van der Waals surface area contributed by atoms with Crippen LogP contribution in [0, 0.1) is 10.1 Å². The third-order valence-electron chi connectivity index (χ3n) is 2.16. The lowest BCUT2D eigenvalue weighted by Crippen LogP contribution is -2.74. The lowest BCUT2D eigenvalue weighted by Gasteiger charge is -1.95. The normalized spacial score (nSPS) is 11.5. The van der Waals surface area contributed by atoms with E-state index in [1.165, 1.54) is 12.5 Å². The van der Waals surface area contributed by atoms with Crippen LogP contribution in [0.25, 0.3) is 0 Å². The van der Waals surface area contributed by atoms with Crippen molar-refractivity contribution in [3.8, 4) is 0 Å². The number of hydrogen-bond acceptors (Lipinski definition) is 4. The maximum Gasteiger partial charge on any atom is 0.434 e. The molecule has 0 spiro atoms. The molecule has 102 valence electrons. The second kappa shape index (κ2) is 6.69. The maximum absolute atomic E-state index is 10.5. The van der Waals surface area contributed by atoms with Gasteiger partial charge in [-0.3, -0.25) is 0 Å². The molecule has 0 radical (unpaired) electrons. The fraction of sp³-hybridized carbons (Fsp3) is 0. The molecule has 8 nitrogen and oxygen atoms in total. The van der Waals surface area contributed by atoms with Crippen molar-refractivity contribution in [1.82, 2.24) is 10.9 Å². The molecule has 1 aromatic carbocycles. The van der Waals surface area contributed by atoms with Gasteiger partial charge in [-0.2, -0.15) is 5.43 Å². The summed E-state index contributed by atoms with van der Waals surface area (Å²) in [4.78, 5) is 13.3. The Kier molecular flexibility index (Phi) is 4.44. The summed E-state index contributed by atoms with van der Waals surface area (Å²) in [5.74, 6) is 0.543. The number of guanidine groups is 1. The standard InChI is InChI=1S/C12H11N5O3/c18-17(19)16-12(14-10-5-2-1-3-6-10)15-13-9-11-7-4-8-20-11/h1-9H,(H2,14,15,16)/p+1. The number of hydrogen-bond donors (Lipinski definition) is 3. The van der Waals surface area contributed by atoms with Gasteiger partial charge in [0.1, 0.15) is 12.0 Å². The van der Waals surface area contributed by atoms with Gasteiger partial charge in [-0.1, -0.05) is 18.2 Å². The van der Waals surface area contributed by atoms with Crippen molar-refractivity contribution in [3.63, 3.8) is 0 Å². The number of nitrogens with zero attached hydrogens (tertiary/aromatic N) is 2. The molecule has 2 rings (SSSR count). The average molecular weight is 274 g/mol. The van der Waals surface area contributed by atoms with E-state index < -0.39 is 5.03 Å². The fourth-order valence-corrected chi connectivity index (χ4v) is 1.36. The van der Waals surface area contributed by atoms with Gasteiger partial charge in [-0.15, -0.1) is 5.10 Å². The van der Waals surface area contributed by atoms with E-state index in [4.69, 9.17) is 4.42 Å². The van der Waals surface area contributed by atoms with E-state index in [1.54, 1.807) is 36.4 Å².